The Balaban J connectivity index is 2.48. The van der Waals surface area contributed by atoms with Gasteiger partial charge >= 0.3 is 0 Å². The lowest BCUT2D eigenvalue weighted by Gasteiger charge is -2.17. The molecule has 17 heavy (non-hydrogen) atoms. The predicted molar refractivity (Wildman–Crippen MR) is 67.4 cm³/mol. The molecule has 1 aliphatic heterocycles. The summed E-state index contributed by atoms with van der Waals surface area (Å²) in [6.07, 6.45) is 0. The van der Waals surface area contributed by atoms with Crippen molar-refractivity contribution in [3.8, 4) is 0 Å². The van der Waals surface area contributed by atoms with E-state index in [-0.39, 0.29) is 0 Å². The highest BCUT2D eigenvalue weighted by molar-refractivity contribution is 9.10. The summed E-state index contributed by atoms with van der Waals surface area (Å²) in [6, 6.07) is 3.58. The van der Waals surface area contributed by atoms with Crippen LogP contribution in [-0.2, 0) is 9.53 Å². The van der Waals surface area contributed by atoms with E-state index >= 15 is 0 Å². The van der Waals surface area contributed by atoms with Gasteiger partial charge in [-0.25, -0.2) is 0 Å². The second-order valence-electron chi connectivity index (χ2n) is 3.90. The van der Waals surface area contributed by atoms with Crippen LogP contribution in [0.4, 0.5) is 5.69 Å². The van der Waals surface area contributed by atoms with Crippen molar-refractivity contribution in [3.05, 3.63) is 27.7 Å². The molecule has 0 saturated heterocycles. The monoisotopic (exact) mass is 297 g/mol. The Labute approximate surface area is 108 Å². The normalized spacial score (nSPS) is 14.4. The summed E-state index contributed by atoms with van der Waals surface area (Å²) in [5, 5.41) is 0. The van der Waals surface area contributed by atoms with E-state index in [2.05, 4.69) is 15.9 Å². The fourth-order valence-electron chi connectivity index (χ4n) is 2.00. The average molecular weight is 298 g/mol. The molecule has 0 aliphatic carbocycles. The van der Waals surface area contributed by atoms with Crippen molar-refractivity contribution in [1.82, 2.24) is 0 Å². The Kier molecular flexibility index (Phi) is 3.31. The highest BCUT2D eigenvalue weighted by Crippen LogP contribution is 2.34. The van der Waals surface area contributed by atoms with Crippen LogP contribution in [0.2, 0.25) is 0 Å². The number of Topliss-reactive ketones (excluding diaryl/α,β-unsaturated/α-hetero) is 1. The zero-order valence-corrected chi connectivity index (χ0v) is 11.2. The first-order chi connectivity index (χ1) is 8.06. The third kappa shape index (κ3) is 2.00. The van der Waals surface area contributed by atoms with Gasteiger partial charge < -0.3 is 9.64 Å². The molecule has 4 nitrogen and oxygen atoms in total. The van der Waals surface area contributed by atoms with Gasteiger partial charge in [-0.1, -0.05) is 15.9 Å². The first-order valence-corrected chi connectivity index (χ1v) is 6.01. The number of anilines is 1. The molecule has 0 aromatic heterocycles. The molecule has 1 heterocycles. The third-order valence-electron chi connectivity index (χ3n) is 2.74. The largest absolute Gasteiger partial charge is 0.383 e. The molecule has 0 unspecified atom stereocenters. The van der Waals surface area contributed by atoms with Gasteiger partial charge in [0.1, 0.15) is 0 Å². The molecule has 2 rings (SSSR count). The van der Waals surface area contributed by atoms with Crippen molar-refractivity contribution < 1.29 is 14.3 Å². The predicted octanol–water partition coefficient (Wildman–Crippen LogP) is 1.93. The first kappa shape index (κ1) is 12.3. The number of rotatable bonds is 3. The van der Waals surface area contributed by atoms with Crippen LogP contribution >= 0.6 is 15.9 Å². The molecule has 1 amide bonds. The molecule has 1 aromatic carbocycles. The summed E-state index contributed by atoms with van der Waals surface area (Å²) in [6.45, 7) is 2.69. The van der Waals surface area contributed by atoms with Crippen molar-refractivity contribution in [2.24, 2.45) is 0 Å². The van der Waals surface area contributed by atoms with Gasteiger partial charge in [-0.15, -0.1) is 0 Å². The number of fused-ring (bicyclic) bond motifs is 1. The van der Waals surface area contributed by atoms with Gasteiger partial charge in [0, 0.05) is 18.1 Å². The molecule has 0 spiro atoms. The molecule has 0 saturated carbocycles. The fraction of sp³-hybridized carbons (Fsp3) is 0.333. The highest BCUT2D eigenvalue weighted by Gasteiger charge is 2.36. The van der Waals surface area contributed by atoms with E-state index in [4.69, 9.17) is 4.74 Å². The van der Waals surface area contributed by atoms with E-state index in [0.717, 1.165) is 10.0 Å². The molecule has 0 fully saturated rings. The van der Waals surface area contributed by atoms with Crippen LogP contribution in [0.5, 0.6) is 0 Å². The molecule has 5 heteroatoms. The maximum Gasteiger partial charge on any atom is 0.299 e. The summed E-state index contributed by atoms with van der Waals surface area (Å²) in [4.78, 5) is 25.1. The van der Waals surface area contributed by atoms with Gasteiger partial charge in [0.05, 0.1) is 17.9 Å². The lowest BCUT2D eigenvalue weighted by Crippen LogP contribution is -2.32. The van der Waals surface area contributed by atoms with Crippen molar-refractivity contribution in [1.29, 1.82) is 0 Å². The maximum atomic E-state index is 11.8. The van der Waals surface area contributed by atoms with E-state index < -0.39 is 11.7 Å². The zero-order valence-electron chi connectivity index (χ0n) is 9.62. The number of benzene rings is 1. The van der Waals surface area contributed by atoms with Gasteiger partial charge in [0.15, 0.2) is 0 Å². The minimum atomic E-state index is -0.474. The number of nitrogens with zero attached hydrogens (tertiary/aromatic N) is 1. The molecule has 90 valence electrons. The van der Waals surface area contributed by atoms with Crippen molar-refractivity contribution in [2.75, 3.05) is 25.2 Å². The van der Waals surface area contributed by atoms with Gasteiger partial charge in [-0.3, -0.25) is 9.59 Å². The molecular formula is C12H12BrNO3. The van der Waals surface area contributed by atoms with Crippen molar-refractivity contribution in [3.63, 3.8) is 0 Å². The number of methoxy groups -OCH3 is 1. The summed E-state index contributed by atoms with van der Waals surface area (Å²) >= 11 is 3.33. The summed E-state index contributed by atoms with van der Waals surface area (Å²) in [5.74, 6) is -0.918. The van der Waals surface area contributed by atoms with Crippen LogP contribution in [0.25, 0.3) is 0 Å². The number of hydrogen-bond acceptors (Lipinski definition) is 3. The number of ketones is 1. The molecule has 0 bridgehead atoms. The third-order valence-corrected chi connectivity index (χ3v) is 3.20. The Bertz CT molecular complexity index is 499. The molecule has 1 aromatic rings. The van der Waals surface area contributed by atoms with Gasteiger partial charge in [-0.05, 0) is 24.6 Å². The van der Waals surface area contributed by atoms with E-state index in [9.17, 15) is 9.59 Å². The number of halogens is 1. The van der Waals surface area contributed by atoms with Crippen molar-refractivity contribution >= 4 is 33.3 Å². The van der Waals surface area contributed by atoms with Gasteiger partial charge in [0.25, 0.3) is 11.7 Å². The SMILES string of the molecule is COCCN1C(=O)C(=O)c2cc(Br)cc(C)c21. The molecule has 0 radical (unpaired) electrons. The standard InChI is InChI=1S/C12H12BrNO3/c1-7-5-8(13)6-9-10(7)14(3-4-17-2)12(16)11(9)15/h5-6H,3-4H2,1-2H3. The quantitative estimate of drug-likeness (QED) is 0.801. The van der Waals surface area contributed by atoms with Gasteiger partial charge in [-0.2, -0.15) is 0 Å². The van der Waals surface area contributed by atoms with Crippen molar-refractivity contribution in [2.45, 2.75) is 6.92 Å². The van der Waals surface area contributed by atoms with Gasteiger partial charge in [0.2, 0.25) is 0 Å². The van der Waals surface area contributed by atoms with Crippen LogP contribution in [0.15, 0.2) is 16.6 Å². The molecule has 0 atom stereocenters. The smallest absolute Gasteiger partial charge is 0.299 e. The number of aryl methyl sites for hydroxylation is 1. The van der Waals surface area contributed by atoms with Crippen LogP contribution in [-0.4, -0.2) is 32.0 Å². The summed E-state index contributed by atoms with van der Waals surface area (Å²) in [7, 11) is 1.57. The van der Waals surface area contributed by atoms with Crippen LogP contribution in [0.3, 0.4) is 0 Å². The van der Waals surface area contributed by atoms with E-state index in [1.165, 1.54) is 4.90 Å². The van der Waals surface area contributed by atoms with E-state index in [1.807, 2.05) is 13.0 Å². The zero-order chi connectivity index (χ0) is 12.6. The summed E-state index contributed by atoms with van der Waals surface area (Å²) in [5.41, 5.74) is 2.09. The highest BCUT2D eigenvalue weighted by atomic mass is 79.9. The maximum absolute atomic E-state index is 11.8. The average Bonchev–Trinajstić information content (AvgIpc) is 2.51. The first-order valence-electron chi connectivity index (χ1n) is 5.21. The fourth-order valence-corrected chi connectivity index (χ4v) is 2.57. The number of ether oxygens (including phenoxy) is 1. The van der Waals surface area contributed by atoms with Crippen LogP contribution < -0.4 is 4.90 Å². The minimum Gasteiger partial charge on any atom is -0.383 e. The number of carbonyl (C=O) groups is 2. The Hall–Kier alpha value is -1.20. The Morgan fingerprint density at radius 1 is 1.35 bits per heavy atom. The summed E-state index contributed by atoms with van der Waals surface area (Å²) < 4.78 is 5.76. The second-order valence-corrected chi connectivity index (χ2v) is 4.81. The molecule has 1 aliphatic rings. The minimum absolute atomic E-state index is 0.399. The molecule has 0 N–H and O–H groups in total. The van der Waals surface area contributed by atoms with E-state index in [0.29, 0.717) is 24.4 Å². The topological polar surface area (TPSA) is 46.6 Å². The Morgan fingerprint density at radius 3 is 2.71 bits per heavy atom. The second kappa shape index (κ2) is 4.58. The number of carbonyl (C=O) groups excluding carboxylic acids is 2. The van der Waals surface area contributed by atoms with E-state index in [1.54, 1.807) is 13.2 Å². The number of amides is 1. The number of hydrogen-bond donors (Lipinski definition) is 0. The van der Waals surface area contributed by atoms with Crippen LogP contribution in [0, 0.1) is 6.92 Å². The molecular weight excluding hydrogens is 286 g/mol. The lowest BCUT2D eigenvalue weighted by molar-refractivity contribution is -0.114. The Morgan fingerprint density at radius 2 is 2.06 bits per heavy atom. The lowest BCUT2D eigenvalue weighted by atomic mass is 10.1. The van der Waals surface area contributed by atoms with Crippen LogP contribution in [0.1, 0.15) is 15.9 Å².